The van der Waals surface area contributed by atoms with Crippen molar-refractivity contribution in [3.8, 4) is 0 Å². The van der Waals surface area contributed by atoms with Crippen LogP contribution in [0.15, 0.2) is 0 Å². The fourth-order valence-electron chi connectivity index (χ4n) is 4.22. The summed E-state index contributed by atoms with van der Waals surface area (Å²) >= 11 is 0. The summed E-state index contributed by atoms with van der Waals surface area (Å²) in [5.74, 6) is -0.722. The predicted octanol–water partition coefficient (Wildman–Crippen LogP) is 9.66. The van der Waals surface area contributed by atoms with Crippen molar-refractivity contribution in [2.75, 3.05) is 24.6 Å². The molecule has 182 valence electrons. The van der Waals surface area contributed by atoms with Crippen LogP contribution in [0.4, 0.5) is 0 Å². The van der Waals surface area contributed by atoms with Gasteiger partial charge in [0.05, 0.1) is 30.6 Å². The lowest BCUT2D eigenvalue weighted by Gasteiger charge is -2.28. The highest BCUT2D eigenvalue weighted by molar-refractivity contribution is 7.75. The molecule has 0 amide bonds. The number of hydrogen-bond acceptors (Lipinski definition) is 1. The summed E-state index contributed by atoms with van der Waals surface area (Å²) in [5, 5.41) is 8.73. The normalized spacial score (nSPS) is 12.3. The molecule has 0 spiro atoms. The third-order valence-corrected chi connectivity index (χ3v) is 11.4. The Bertz CT molecular complexity index is 335. The Morgan fingerprint density at radius 3 is 1.37 bits per heavy atom. The van der Waals surface area contributed by atoms with Crippen molar-refractivity contribution in [3.05, 3.63) is 0 Å². The van der Waals surface area contributed by atoms with Crippen molar-refractivity contribution >= 4 is 13.2 Å². The van der Waals surface area contributed by atoms with Crippen LogP contribution in [0.1, 0.15) is 138 Å². The molecule has 0 aromatic heterocycles. The highest BCUT2D eigenvalue weighted by atomic mass is 31.2. The zero-order chi connectivity index (χ0) is 23.1. The van der Waals surface area contributed by atoms with Gasteiger partial charge < -0.3 is 5.11 Å². The first-order chi connectivity index (χ1) is 14.5. The number of aliphatic carboxylic acids is 1. The van der Waals surface area contributed by atoms with Gasteiger partial charge in [-0.1, -0.05) is 92.9 Å². The zero-order valence-corrected chi connectivity index (χ0v) is 22.7. The van der Waals surface area contributed by atoms with E-state index in [1.54, 1.807) is 24.6 Å². The van der Waals surface area contributed by atoms with Crippen molar-refractivity contribution in [3.63, 3.8) is 0 Å². The van der Waals surface area contributed by atoms with Gasteiger partial charge in [-0.15, -0.1) is 0 Å². The first-order valence-electron chi connectivity index (χ1n) is 13.5. The topological polar surface area (TPSA) is 37.3 Å². The average molecular weight is 446 g/mol. The molecule has 0 bridgehead atoms. The van der Waals surface area contributed by atoms with Crippen LogP contribution in [0, 0.1) is 5.92 Å². The third-order valence-electron chi connectivity index (χ3n) is 6.34. The van der Waals surface area contributed by atoms with E-state index in [2.05, 4.69) is 34.6 Å². The molecule has 0 heterocycles. The fraction of sp³-hybridized carbons (Fsp3) is 0.963. The van der Waals surface area contributed by atoms with E-state index in [4.69, 9.17) is 5.11 Å². The first-order valence-corrected chi connectivity index (χ1v) is 16.1. The summed E-state index contributed by atoms with van der Waals surface area (Å²) in [5.41, 5.74) is 0. The lowest BCUT2D eigenvalue weighted by molar-refractivity contribution is -0.142. The van der Waals surface area contributed by atoms with E-state index < -0.39 is 13.2 Å². The van der Waals surface area contributed by atoms with Gasteiger partial charge in [-0.25, -0.2) is 0 Å². The monoisotopic (exact) mass is 445 g/mol. The highest BCUT2D eigenvalue weighted by Gasteiger charge is 2.34. The number of hydrogen-bond donors (Lipinski definition) is 1. The molecule has 1 unspecified atom stereocenters. The molecule has 0 fully saturated rings. The van der Waals surface area contributed by atoms with Crippen LogP contribution in [0.2, 0.25) is 0 Å². The molecule has 2 nitrogen and oxygen atoms in total. The van der Waals surface area contributed by atoms with Gasteiger partial charge >= 0.3 is 5.97 Å². The standard InChI is InChI=1S/C18H40P.C9H18O2/c1-5-9-13-14-18-19(15-10-6-2,16-11-7-3)17-12-8-4;1-3-5-7-8(6-4-2)9(10)11/h5-18H2,1-4H3;8H,3-7H2,1-2H3,(H,10,11)/q+1;. The van der Waals surface area contributed by atoms with Gasteiger partial charge in [0, 0.05) is 7.26 Å². The van der Waals surface area contributed by atoms with Crippen molar-refractivity contribution < 1.29 is 9.90 Å². The van der Waals surface area contributed by atoms with Crippen LogP contribution >= 0.6 is 7.26 Å². The maximum Gasteiger partial charge on any atom is 0.306 e. The highest BCUT2D eigenvalue weighted by Crippen LogP contribution is 2.61. The van der Waals surface area contributed by atoms with Gasteiger partial charge in [-0.3, -0.25) is 4.79 Å². The van der Waals surface area contributed by atoms with Gasteiger partial charge in [0.2, 0.25) is 0 Å². The zero-order valence-electron chi connectivity index (χ0n) is 21.8. The van der Waals surface area contributed by atoms with Crippen molar-refractivity contribution in [1.29, 1.82) is 0 Å². The molecular weight excluding hydrogens is 387 g/mol. The fourth-order valence-corrected chi connectivity index (χ4v) is 9.41. The number of carboxylic acids is 1. The molecule has 0 aliphatic rings. The molecule has 0 saturated carbocycles. The maximum absolute atomic E-state index is 10.6. The van der Waals surface area contributed by atoms with E-state index in [-0.39, 0.29) is 5.92 Å². The molecule has 0 radical (unpaired) electrons. The van der Waals surface area contributed by atoms with Gasteiger partial charge in [-0.05, 0) is 44.9 Å². The van der Waals surface area contributed by atoms with Crippen LogP contribution in [-0.2, 0) is 4.79 Å². The van der Waals surface area contributed by atoms with E-state index in [0.29, 0.717) is 0 Å². The Labute approximate surface area is 191 Å². The van der Waals surface area contributed by atoms with E-state index >= 15 is 0 Å². The van der Waals surface area contributed by atoms with Crippen LogP contribution in [0.5, 0.6) is 0 Å². The summed E-state index contributed by atoms with van der Waals surface area (Å²) in [6, 6.07) is 0. The van der Waals surface area contributed by atoms with Gasteiger partial charge in [0.25, 0.3) is 0 Å². The second-order valence-corrected chi connectivity index (χ2v) is 13.8. The number of carbonyl (C=O) groups is 1. The second-order valence-electron chi connectivity index (χ2n) is 9.32. The van der Waals surface area contributed by atoms with Crippen molar-refractivity contribution in [2.45, 2.75) is 138 Å². The number of carboxylic acid groups (broad SMARTS) is 1. The Balaban J connectivity index is 0. The minimum atomic E-state index is -0.625. The molecule has 30 heavy (non-hydrogen) atoms. The van der Waals surface area contributed by atoms with Gasteiger partial charge in [0.15, 0.2) is 0 Å². The summed E-state index contributed by atoms with van der Waals surface area (Å²) in [6.45, 7) is 13.5. The Morgan fingerprint density at radius 1 is 0.567 bits per heavy atom. The van der Waals surface area contributed by atoms with Crippen LogP contribution in [0.3, 0.4) is 0 Å². The number of rotatable bonds is 20. The summed E-state index contributed by atoms with van der Waals surface area (Å²) in [7, 11) is -0.586. The summed E-state index contributed by atoms with van der Waals surface area (Å²) in [6.07, 6.45) is 25.7. The summed E-state index contributed by atoms with van der Waals surface area (Å²) in [4.78, 5) is 10.6. The van der Waals surface area contributed by atoms with E-state index in [9.17, 15) is 4.79 Å². The van der Waals surface area contributed by atoms with E-state index in [1.165, 1.54) is 64.2 Å². The Hall–Kier alpha value is -0.100. The molecule has 0 rings (SSSR count). The smallest absolute Gasteiger partial charge is 0.306 e. The third kappa shape index (κ3) is 18.7. The second kappa shape index (κ2) is 23.6. The lowest BCUT2D eigenvalue weighted by Crippen LogP contribution is -2.12. The molecule has 0 aromatic rings. The van der Waals surface area contributed by atoms with Crippen LogP contribution in [-0.4, -0.2) is 35.7 Å². The molecule has 0 aliphatic heterocycles. The molecule has 3 heteroatoms. The number of unbranched alkanes of at least 4 members (excludes halogenated alkanes) is 7. The van der Waals surface area contributed by atoms with E-state index in [1.807, 2.05) is 6.92 Å². The summed E-state index contributed by atoms with van der Waals surface area (Å²) < 4.78 is 0. The molecule has 0 aliphatic carbocycles. The molecule has 1 atom stereocenters. The van der Waals surface area contributed by atoms with Crippen LogP contribution < -0.4 is 0 Å². The largest absolute Gasteiger partial charge is 0.481 e. The molecule has 0 saturated heterocycles. The average Bonchev–Trinajstić information content (AvgIpc) is 2.75. The SMILES string of the molecule is CCCCC(CCC)C(=O)O.CCCCCC[P+](CCCC)(CCCC)CCCC. The van der Waals surface area contributed by atoms with Gasteiger partial charge in [0.1, 0.15) is 0 Å². The molecule has 0 aromatic carbocycles. The first kappa shape index (κ1) is 32.1. The quantitative estimate of drug-likeness (QED) is 0.149. The predicted molar refractivity (Wildman–Crippen MR) is 141 cm³/mol. The van der Waals surface area contributed by atoms with Crippen molar-refractivity contribution in [2.24, 2.45) is 5.92 Å². The lowest BCUT2D eigenvalue weighted by atomic mass is 9.97. The minimum absolute atomic E-state index is 0.0973. The maximum atomic E-state index is 10.6. The molecule has 1 N–H and O–H groups in total. The Kier molecular flexibility index (Phi) is 25.2. The van der Waals surface area contributed by atoms with Crippen LogP contribution in [0.25, 0.3) is 0 Å². The Morgan fingerprint density at radius 2 is 1.00 bits per heavy atom. The van der Waals surface area contributed by atoms with Crippen molar-refractivity contribution in [1.82, 2.24) is 0 Å². The van der Waals surface area contributed by atoms with Gasteiger partial charge in [-0.2, -0.15) is 0 Å². The van der Waals surface area contributed by atoms with E-state index in [0.717, 1.165) is 32.1 Å². The minimum Gasteiger partial charge on any atom is -0.481 e. The molecular formula is C27H58O2P+.